The maximum absolute atomic E-state index is 12.6. The molecule has 2 aliphatic rings. The van der Waals surface area contributed by atoms with Crippen molar-refractivity contribution in [2.24, 2.45) is 0 Å². The first kappa shape index (κ1) is 12.2. The molecule has 0 bridgehead atoms. The Bertz CT molecular complexity index is 373. The van der Waals surface area contributed by atoms with Crippen molar-refractivity contribution in [1.29, 1.82) is 0 Å². The average molecular weight is 257 g/mol. The fourth-order valence-electron chi connectivity index (χ4n) is 2.16. The van der Waals surface area contributed by atoms with E-state index < -0.39 is 27.6 Å². The minimum atomic E-state index is -4.27. The normalized spacial score (nSPS) is 32.3. The van der Waals surface area contributed by atoms with Crippen LogP contribution < -0.4 is 5.32 Å². The summed E-state index contributed by atoms with van der Waals surface area (Å²) < 4.78 is 60.5. The predicted octanol–water partition coefficient (Wildman–Crippen LogP) is 1.25. The summed E-state index contributed by atoms with van der Waals surface area (Å²) in [7, 11) is -3.15. The molecule has 7 heteroatoms. The maximum Gasteiger partial charge on any atom is 0.406 e. The van der Waals surface area contributed by atoms with Gasteiger partial charge in [-0.3, -0.25) is 5.32 Å². The molecule has 94 valence electrons. The lowest BCUT2D eigenvalue weighted by Crippen LogP contribution is -2.53. The van der Waals surface area contributed by atoms with Gasteiger partial charge in [-0.2, -0.15) is 13.2 Å². The fraction of sp³-hybridized carbons (Fsp3) is 1.00. The molecule has 0 aromatic rings. The molecule has 2 rings (SSSR count). The van der Waals surface area contributed by atoms with Crippen LogP contribution in [0.2, 0.25) is 0 Å². The Morgan fingerprint density at radius 2 is 1.88 bits per heavy atom. The second-order valence-electron chi connectivity index (χ2n) is 4.68. The number of sulfone groups is 1. The van der Waals surface area contributed by atoms with Crippen molar-refractivity contribution >= 4 is 9.84 Å². The van der Waals surface area contributed by atoms with Crippen LogP contribution in [-0.4, -0.2) is 37.7 Å². The Morgan fingerprint density at radius 1 is 1.25 bits per heavy atom. The minimum Gasteiger partial charge on any atom is -0.300 e. The molecule has 0 amide bonds. The summed E-state index contributed by atoms with van der Waals surface area (Å²) in [6.45, 7) is 0. The quantitative estimate of drug-likeness (QED) is 0.809. The molecule has 3 nitrogen and oxygen atoms in total. The number of alkyl halides is 3. The van der Waals surface area contributed by atoms with Crippen LogP contribution in [0.25, 0.3) is 0 Å². The molecule has 1 atom stereocenters. The van der Waals surface area contributed by atoms with E-state index in [2.05, 4.69) is 5.32 Å². The summed E-state index contributed by atoms with van der Waals surface area (Å²) in [4.78, 5) is 0. The molecule has 1 saturated carbocycles. The zero-order chi connectivity index (χ0) is 12.0. The molecule has 1 heterocycles. The largest absolute Gasteiger partial charge is 0.406 e. The first-order valence-corrected chi connectivity index (χ1v) is 7.11. The standard InChI is InChI=1S/C9H14F3NO2S/c10-9(11,12)8(3-4-8)13-7-2-1-5-16(14,15)6-7/h7,13H,1-6H2. The Labute approximate surface area is 92.3 Å². The topological polar surface area (TPSA) is 46.2 Å². The highest BCUT2D eigenvalue weighted by Crippen LogP contribution is 2.49. The van der Waals surface area contributed by atoms with Gasteiger partial charge in [0.15, 0.2) is 9.84 Å². The molecule has 1 aliphatic carbocycles. The van der Waals surface area contributed by atoms with Gasteiger partial charge in [-0.25, -0.2) is 8.42 Å². The van der Waals surface area contributed by atoms with Crippen molar-refractivity contribution in [1.82, 2.24) is 5.32 Å². The van der Waals surface area contributed by atoms with Crippen molar-refractivity contribution in [2.75, 3.05) is 11.5 Å². The van der Waals surface area contributed by atoms with E-state index in [0.29, 0.717) is 12.8 Å². The summed E-state index contributed by atoms with van der Waals surface area (Å²) >= 11 is 0. The van der Waals surface area contributed by atoms with Crippen molar-refractivity contribution in [3.63, 3.8) is 0 Å². The molecule has 2 fully saturated rings. The fourth-order valence-corrected chi connectivity index (χ4v) is 3.80. The van der Waals surface area contributed by atoms with E-state index in [1.165, 1.54) is 0 Å². The van der Waals surface area contributed by atoms with Crippen LogP contribution in [0.5, 0.6) is 0 Å². The molecule has 1 N–H and O–H groups in total. The van der Waals surface area contributed by atoms with Gasteiger partial charge < -0.3 is 0 Å². The number of hydrogen-bond acceptors (Lipinski definition) is 3. The maximum atomic E-state index is 12.6. The summed E-state index contributed by atoms with van der Waals surface area (Å²) in [6, 6.07) is -0.539. The second kappa shape index (κ2) is 3.60. The van der Waals surface area contributed by atoms with Gasteiger partial charge in [0.05, 0.1) is 11.5 Å². The number of halogens is 3. The average Bonchev–Trinajstić information content (AvgIpc) is 2.81. The first-order valence-electron chi connectivity index (χ1n) is 5.29. The van der Waals surface area contributed by atoms with Gasteiger partial charge in [0.2, 0.25) is 0 Å². The Morgan fingerprint density at radius 3 is 2.31 bits per heavy atom. The zero-order valence-electron chi connectivity index (χ0n) is 8.68. The number of rotatable bonds is 2. The van der Waals surface area contributed by atoms with E-state index in [-0.39, 0.29) is 24.3 Å². The summed E-state index contributed by atoms with van der Waals surface area (Å²) in [6.07, 6.45) is -3.18. The lowest BCUT2D eigenvalue weighted by Gasteiger charge is -2.29. The van der Waals surface area contributed by atoms with Gasteiger partial charge in [-0.15, -0.1) is 0 Å². The molecule has 0 aromatic carbocycles. The van der Waals surface area contributed by atoms with E-state index >= 15 is 0 Å². The van der Waals surface area contributed by atoms with Gasteiger partial charge in [0, 0.05) is 6.04 Å². The monoisotopic (exact) mass is 257 g/mol. The van der Waals surface area contributed by atoms with Gasteiger partial charge in [-0.05, 0) is 25.7 Å². The highest BCUT2D eigenvalue weighted by molar-refractivity contribution is 7.91. The van der Waals surface area contributed by atoms with E-state index in [9.17, 15) is 21.6 Å². The third-order valence-corrected chi connectivity index (χ3v) is 5.06. The third-order valence-electron chi connectivity index (χ3n) is 3.24. The van der Waals surface area contributed by atoms with Crippen LogP contribution in [0.15, 0.2) is 0 Å². The van der Waals surface area contributed by atoms with Crippen molar-refractivity contribution in [2.45, 2.75) is 43.4 Å². The molecule has 0 spiro atoms. The predicted molar refractivity (Wildman–Crippen MR) is 52.8 cm³/mol. The van der Waals surface area contributed by atoms with Gasteiger partial charge >= 0.3 is 6.18 Å². The van der Waals surface area contributed by atoms with Crippen LogP contribution in [0.3, 0.4) is 0 Å². The Kier molecular flexibility index (Phi) is 2.73. The summed E-state index contributed by atoms with van der Waals surface area (Å²) in [5.74, 6) is -0.0605. The Hall–Kier alpha value is -0.300. The van der Waals surface area contributed by atoms with E-state index in [1.807, 2.05) is 0 Å². The zero-order valence-corrected chi connectivity index (χ0v) is 9.50. The van der Waals surface area contributed by atoms with E-state index in [0.717, 1.165) is 0 Å². The highest BCUT2D eigenvalue weighted by Gasteiger charge is 2.63. The van der Waals surface area contributed by atoms with E-state index in [4.69, 9.17) is 0 Å². The van der Waals surface area contributed by atoms with Crippen LogP contribution >= 0.6 is 0 Å². The lowest BCUT2D eigenvalue weighted by molar-refractivity contribution is -0.167. The molecule has 0 radical (unpaired) electrons. The van der Waals surface area contributed by atoms with Gasteiger partial charge in [0.25, 0.3) is 0 Å². The number of nitrogens with one attached hydrogen (secondary N) is 1. The SMILES string of the molecule is O=S1(=O)CCCC(NC2(C(F)(F)F)CC2)C1. The van der Waals surface area contributed by atoms with Gasteiger partial charge in [-0.1, -0.05) is 0 Å². The molecule has 0 aromatic heterocycles. The molecule has 1 unspecified atom stereocenters. The van der Waals surface area contributed by atoms with Crippen LogP contribution in [-0.2, 0) is 9.84 Å². The van der Waals surface area contributed by atoms with Crippen LogP contribution in [0, 0.1) is 0 Å². The molecule has 16 heavy (non-hydrogen) atoms. The smallest absolute Gasteiger partial charge is 0.300 e. The van der Waals surface area contributed by atoms with Crippen molar-refractivity contribution < 1.29 is 21.6 Å². The van der Waals surface area contributed by atoms with Crippen molar-refractivity contribution in [3.8, 4) is 0 Å². The lowest BCUT2D eigenvalue weighted by atomic mass is 10.1. The minimum absolute atomic E-state index is 0.0625. The van der Waals surface area contributed by atoms with Crippen LogP contribution in [0.1, 0.15) is 25.7 Å². The first-order chi connectivity index (χ1) is 7.24. The highest BCUT2D eigenvalue weighted by atomic mass is 32.2. The van der Waals surface area contributed by atoms with E-state index in [1.54, 1.807) is 0 Å². The Balaban J connectivity index is 2.01. The molecular weight excluding hydrogens is 243 g/mol. The number of hydrogen-bond donors (Lipinski definition) is 1. The van der Waals surface area contributed by atoms with Crippen molar-refractivity contribution in [3.05, 3.63) is 0 Å². The summed E-state index contributed by atoms with van der Waals surface area (Å²) in [5, 5.41) is 2.50. The third kappa shape index (κ3) is 2.34. The van der Waals surface area contributed by atoms with Gasteiger partial charge in [0.1, 0.15) is 5.54 Å². The summed E-state index contributed by atoms with van der Waals surface area (Å²) in [5.41, 5.74) is -1.80. The molecular formula is C9H14F3NO2S. The van der Waals surface area contributed by atoms with Crippen LogP contribution in [0.4, 0.5) is 13.2 Å². The molecule has 1 saturated heterocycles. The second-order valence-corrected chi connectivity index (χ2v) is 6.91. The molecule has 1 aliphatic heterocycles.